The first-order chi connectivity index (χ1) is 12.7. The molecule has 0 radical (unpaired) electrons. The molecule has 132 valence electrons. The van der Waals surface area contributed by atoms with Gasteiger partial charge in [-0.3, -0.25) is 10.1 Å². The summed E-state index contributed by atoms with van der Waals surface area (Å²) in [6.45, 7) is 12.0. The first kappa shape index (κ1) is 17.2. The third-order valence-electron chi connectivity index (χ3n) is 3.57. The Labute approximate surface area is 151 Å². The monoisotopic (exact) mass is 349 g/mol. The van der Waals surface area contributed by atoms with Gasteiger partial charge in [-0.25, -0.2) is 9.83 Å². The molecule has 0 atom stereocenters. The highest BCUT2D eigenvalue weighted by Gasteiger charge is 2.07. The first-order valence-electron chi connectivity index (χ1n) is 8.11. The number of nitrogens with zero attached hydrogens (tertiary/aromatic N) is 4. The van der Waals surface area contributed by atoms with E-state index < -0.39 is 0 Å². The minimum atomic E-state index is 0.432. The molecule has 0 amide bonds. The van der Waals surface area contributed by atoms with E-state index in [1.165, 1.54) is 0 Å². The molecular weight excluding hydrogens is 330 g/mol. The summed E-state index contributed by atoms with van der Waals surface area (Å²) in [5.41, 5.74) is 2.24. The van der Waals surface area contributed by atoms with Crippen LogP contribution in [0, 0.1) is 20.4 Å². The van der Waals surface area contributed by atoms with E-state index in [0.717, 1.165) is 17.1 Å². The Morgan fingerprint density at radius 2 is 2.12 bits per heavy atom. The Hall–Kier alpha value is -3.60. The van der Waals surface area contributed by atoms with Gasteiger partial charge in [-0.15, -0.1) is 0 Å². The van der Waals surface area contributed by atoms with E-state index in [1.54, 1.807) is 18.3 Å². The summed E-state index contributed by atoms with van der Waals surface area (Å²) in [5, 5.41) is 13.2. The lowest BCUT2D eigenvalue weighted by Crippen LogP contribution is -2.13. The fourth-order valence-electron chi connectivity index (χ4n) is 2.31. The number of aromatic amines is 1. The lowest BCUT2D eigenvalue weighted by molar-refractivity contribution is 0.329. The van der Waals surface area contributed by atoms with Gasteiger partial charge in [-0.2, -0.15) is 5.10 Å². The number of hydrogen-bond acceptors (Lipinski definition) is 6. The van der Waals surface area contributed by atoms with Crippen molar-refractivity contribution >= 4 is 23.1 Å². The third kappa shape index (κ3) is 4.27. The number of nitrogens with one attached hydrogen (secondary N) is 3. The summed E-state index contributed by atoms with van der Waals surface area (Å²) in [4.78, 5) is 12.1. The van der Waals surface area contributed by atoms with E-state index in [4.69, 9.17) is 11.3 Å². The molecule has 0 saturated carbocycles. The van der Waals surface area contributed by atoms with Crippen LogP contribution in [0.3, 0.4) is 0 Å². The molecule has 0 bridgehead atoms. The van der Waals surface area contributed by atoms with Crippen molar-refractivity contribution in [3.8, 4) is 5.75 Å². The molecule has 3 aromatic rings. The molecule has 3 N–H and O–H groups in total. The zero-order chi connectivity index (χ0) is 18.4. The second-order valence-corrected chi connectivity index (χ2v) is 5.60. The van der Waals surface area contributed by atoms with Crippen LogP contribution in [0.2, 0.25) is 0 Å². The van der Waals surface area contributed by atoms with Gasteiger partial charge in [-0.1, -0.05) is 0 Å². The van der Waals surface area contributed by atoms with Crippen molar-refractivity contribution < 1.29 is 4.74 Å². The van der Waals surface area contributed by atoms with Gasteiger partial charge in [0.2, 0.25) is 5.69 Å². The molecule has 3 rings (SSSR count). The van der Waals surface area contributed by atoms with E-state index in [0.29, 0.717) is 36.3 Å². The quantitative estimate of drug-likeness (QED) is 0.446. The number of aryl methyl sites for hydroxylation is 2. The molecule has 0 aliphatic heterocycles. The lowest BCUT2D eigenvalue weighted by Gasteiger charge is -2.11. The second-order valence-electron chi connectivity index (χ2n) is 5.60. The van der Waals surface area contributed by atoms with E-state index in [2.05, 4.69) is 35.6 Å². The van der Waals surface area contributed by atoms with Crippen LogP contribution >= 0.6 is 0 Å². The highest BCUT2D eigenvalue weighted by Crippen LogP contribution is 2.26. The number of anilines is 3. The van der Waals surface area contributed by atoms with E-state index in [1.807, 2.05) is 32.0 Å². The zero-order valence-corrected chi connectivity index (χ0v) is 14.6. The Balaban J connectivity index is 1.61. The summed E-state index contributed by atoms with van der Waals surface area (Å²) < 4.78 is 5.70. The van der Waals surface area contributed by atoms with Crippen molar-refractivity contribution in [3.63, 3.8) is 0 Å². The minimum Gasteiger partial charge on any atom is -0.490 e. The first-order valence-corrected chi connectivity index (χ1v) is 8.11. The number of hydrogen-bond donors (Lipinski definition) is 3. The molecule has 0 saturated heterocycles. The number of aromatic nitrogens is 4. The van der Waals surface area contributed by atoms with Crippen LogP contribution in [0.1, 0.15) is 11.4 Å². The standard InChI is InChI=1S/C18H19N7O/c1-12-11-17(25-24-12)22-16-7-6-14(19-3)18(23-16)21-9-10-26-15-5-4-8-20-13(15)2/h4-8,11H,9-10H2,1-2H3,(H3,21,22,23,24,25). The van der Waals surface area contributed by atoms with Crippen LogP contribution in [-0.4, -0.2) is 33.3 Å². The number of H-pyrrole nitrogens is 1. The van der Waals surface area contributed by atoms with Gasteiger partial charge in [0.05, 0.1) is 12.3 Å². The fourth-order valence-corrected chi connectivity index (χ4v) is 2.31. The molecule has 0 unspecified atom stereocenters. The molecule has 8 heteroatoms. The van der Waals surface area contributed by atoms with Crippen molar-refractivity contribution in [1.82, 2.24) is 20.2 Å². The molecule has 0 aliphatic carbocycles. The Kier molecular flexibility index (Phi) is 5.29. The Morgan fingerprint density at radius 1 is 1.23 bits per heavy atom. The average molecular weight is 349 g/mol. The summed E-state index contributed by atoms with van der Waals surface area (Å²) in [5.74, 6) is 2.53. The average Bonchev–Trinajstić information content (AvgIpc) is 3.05. The highest BCUT2D eigenvalue weighted by molar-refractivity contribution is 5.69. The largest absolute Gasteiger partial charge is 0.490 e. The predicted octanol–water partition coefficient (Wildman–Crippen LogP) is 3.60. The van der Waals surface area contributed by atoms with Gasteiger partial charge in [0.1, 0.15) is 24.0 Å². The predicted molar refractivity (Wildman–Crippen MR) is 100 cm³/mol. The van der Waals surface area contributed by atoms with Crippen LogP contribution in [0.15, 0.2) is 36.5 Å². The maximum Gasteiger partial charge on any atom is 0.228 e. The molecule has 8 nitrogen and oxygen atoms in total. The van der Waals surface area contributed by atoms with Crippen LogP contribution in [0.5, 0.6) is 5.75 Å². The van der Waals surface area contributed by atoms with Crippen LogP contribution in [0.4, 0.5) is 23.1 Å². The van der Waals surface area contributed by atoms with Crippen LogP contribution < -0.4 is 15.4 Å². The molecule has 0 aliphatic rings. The van der Waals surface area contributed by atoms with Crippen molar-refractivity contribution in [2.75, 3.05) is 23.8 Å². The van der Waals surface area contributed by atoms with Crippen LogP contribution in [0.25, 0.3) is 4.85 Å². The minimum absolute atomic E-state index is 0.432. The molecule has 3 aromatic heterocycles. The maximum absolute atomic E-state index is 7.29. The molecule has 26 heavy (non-hydrogen) atoms. The molecule has 0 fully saturated rings. The fraction of sp³-hybridized carbons (Fsp3) is 0.222. The third-order valence-corrected chi connectivity index (χ3v) is 3.57. The normalized spacial score (nSPS) is 10.2. The maximum atomic E-state index is 7.29. The summed E-state index contributed by atoms with van der Waals surface area (Å²) in [6, 6.07) is 9.05. The number of rotatable bonds is 7. The van der Waals surface area contributed by atoms with Crippen molar-refractivity contribution in [2.45, 2.75) is 13.8 Å². The van der Waals surface area contributed by atoms with E-state index >= 15 is 0 Å². The lowest BCUT2D eigenvalue weighted by atomic mass is 10.3. The topological polar surface area (TPSA) is 92.1 Å². The SMILES string of the molecule is [C-]#[N+]c1ccc(Nc2cc(C)[nH]n2)nc1NCCOc1cccnc1C. The van der Waals surface area contributed by atoms with Gasteiger partial charge in [0, 0.05) is 24.5 Å². The Bertz CT molecular complexity index is 929. The number of ether oxygens (including phenoxy) is 1. The summed E-state index contributed by atoms with van der Waals surface area (Å²) in [6.07, 6.45) is 1.73. The number of pyridine rings is 2. The summed E-state index contributed by atoms with van der Waals surface area (Å²) in [7, 11) is 0. The van der Waals surface area contributed by atoms with Crippen LogP contribution in [-0.2, 0) is 0 Å². The molecule has 3 heterocycles. The molecule has 0 spiro atoms. The van der Waals surface area contributed by atoms with Gasteiger partial charge in [-0.05, 0) is 38.1 Å². The van der Waals surface area contributed by atoms with Crippen molar-refractivity contribution in [3.05, 3.63) is 59.3 Å². The van der Waals surface area contributed by atoms with Crippen molar-refractivity contribution in [1.29, 1.82) is 0 Å². The Morgan fingerprint density at radius 3 is 2.85 bits per heavy atom. The van der Waals surface area contributed by atoms with Gasteiger partial charge < -0.3 is 15.4 Å². The van der Waals surface area contributed by atoms with Gasteiger partial charge >= 0.3 is 0 Å². The van der Waals surface area contributed by atoms with Gasteiger partial charge in [0.15, 0.2) is 5.82 Å². The highest BCUT2D eigenvalue weighted by atomic mass is 16.5. The second kappa shape index (κ2) is 7.98. The van der Waals surface area contributed by atoms with Crippen molar-refractivity contribution in [2.24, 2.45) is 0 Å². The van der Waals surface area contributed by atoms with Gasteiger partial charge in [0.25, 0.3) is 0 Å². The smallest absolute Gasteiger partial charge is 0.228 e. The summed E-state index contributed by atoms with van der Waals surface area (Å²) >= 11 is 0. The van der Waals surface area contributed by atoms with E-state index in [-0.39, 0.29) is 0 Å². The zero-order valence-electron chi connectivity index (χ0n) is 14.6. The molecular formula is C18H19N7O. The molecule has 0 aromatic carbocycles. The van der Waals surface area contributed by atoms with E-state index in [9.17, 15) is 0 Å².